The molecule has 0 aliphatic heterocycles. The number of nitrogens with zero attached hydrogens (tertiary/aromatic N) is 1. The van der Waals surface area contributed by atoms with Crippen molar-refractivity contribution in [1.29, 1.82) is 0 Å². The van der Waals surface area contributed by atoms with Crippen LogP contribution in [0.15, 0.2) is 72.1 Å². The summed E-state index contributed by atoms with van der Waals surface area (Å²) in [5.74, 6) is 1.41. The molecule has 2 aromatic heterocycles. The van der Waals surface area contributed by atoms with Crippen LogP contribution >= 0.6 is 11.3 Å². The molecular formula is C21H18N2O2S. The van der Waals surface area contributed by atoms with Gasteiger partial charge in [-0.3, -0.25) is 4.79 Å². The number of thiophene rings is 1. The first-order chi connectivity index (χ1) is 12.7. The van der Waals surface area contributed by atoms with E-state index in [2.05, 4.69) is 11.4 Å². The number of nitrogens with one attached hydrogen (secondary N) is 1. The van der Waals surface area contributed by atoms with E-state index in [0.29, 0.717) is 5.69 Å². The molecule has 5 heteroatoms. The van der Waals surface area contributed by atoms with Crippen molar-refractivity contribution < 1.29 is 9.53 Å². The number of amides is 1. The Labute approximate surface area is 155 Å². The van der Waals surface area contributed by atoms with E-state index in [1.165, 1.54) is 0 Å². The standard InChI is InChI=1S/C21H18N2O2S/c1-2-23-18-12-13-26-20(18)14-19(23)21(24)22-15-8-10-17(11-9-15)25-16-6-4-3-5-7-16/h3-14H,2H2,1H3,(H,22,24). The Morgan fingerprint density at radius 3 is 2.50 bits per heavy atom. The molecule has 4 aromatic rings. The summed E-state index contributed by atoms with van der Waals surface area (Å²) in [7, 11) is 0. The van der Waals surface area contributed by atoms with Crippen LogP contribution in [0.1, 0.15) is 17.4 Å². The maximum atomic E-state index is 12.7. The van der Waals surface area contributed by atoms with Crippen molar-refractivity contribution in [2.45, 2.75) is 13.5 Å². The van der Waals surface area contributed by atoms with E-state index >= 15 is 0 Å². The minimum atomic E-state index is -0.105. The van der Waals surface area contributed by atoms with Crippen molar-refractivity contribution in [2.75, 3.05) is 5.32 Å². The Morgan fingerprint density at radius 1 is 1.04 bits per heavy atom. The average molecular weight is 362 g/mol. The van der Waals surface area contributed by atoms with Crippen molar-refractivity contribution in [2.24, 2.45) is 0 Å². The van der Waals surface area contributed by atoms with E-state index in [-0.39, 0.29) is 5.91 Å². The fourth-order valence-corrected chi connectivity index (χ4v) is 3.75. The molecule has 1 N–H and O–H groups in total. The number of para-hydroxylation sites is 1. The Bertz CT molecular complexity index is 1030. The number of ether oxygens (including phenoxy) is 1. The first kappa shape index (κ1) is 16.4. The summed E-state index contributed by atoms with van der Waals surface area (Å²) in [5, 5.41) is 5.01. The second-order valence-electron chi connectivity index (χ2n) is 5.84. The first-order valence-electron chi connectivity index (χ1n) is 8.45. The summed E-state index contributed by atoms with van der Waals surface area (Å²) in [5.41, 5.74) is 2.52. The highest BCUT2D eigenvalue weighted by atomic mass is 32.1. The molecule has 0 fully saturated rings. The lowest BCUT2D eigenvalue weighted by Gasteiger charge is -2.10. The second kappa shape index (κ2) is 7.06. The molecule has 4 nitrogen and oxygen atoms in total. The summed E-state index contributed by atoms with van der Waals surface area (Å²) in [6, 6.07) is 21.0. The number of fused-ring (bicyclic) bond motifs is 1. The molecule has 0 atom stereocenters. The number of hydrogen-bond donors (Lipinski definition) is 1. The van der Waals surface area contributed by atoms with Gasteiger partial charge in [-0.15, -0.1) is 11.3 Å². The molecule has 26 heavy (non-hydrogen) atoms. The molecule has 0 aliphatic carbocycles. The summed E-state index contributed by atoms with van der Waals surface area (Å²) in [6.07, 6.45) is 0. The lowest BCUT2D eigenvalue weighted by atomic mass is 10.3. The maximum absolute atomic E-state index is 12.7. The normalized spacial score (nSPS) is 10.8. The van der Waals surface area contributed by atoms with Crippen LogP contribution in [0.4, 0.5) is 5.69 Å². The lowest BCUT2D eigenvalue weighted by molar-refractivity contribution is 0.101. The Kier molecular flexibility index (Phi) is 4.46. The Balaban J connectivity index is 1.49. The highest BCUT2D eigenvalue weighted by molar-refractivity contribution is 7.17. The molecule has 0 unspecified atom stereocenters. The predicted octanol–water partition coefficient (Wildman–Crippen LogP) is 5.77. The topological polar surface area (TPSA) is 43.3 Å². The van der Waals surface area contributed by atoms with Gasteiger partial charge in [0.15, 0.2) is 0 Å². The van der Waals surface area contributed by atoms with Crippen LogP contribution in [0, 0.1) is 0 Å². The number of aromatic nitrogens is 1. The van der Waals surface area contributed by atoms with Gasteiger partial charge in [-0.05, 0) is 60.8 Å². The number of aryl methyl sites for hydroxylation is 1. The molecule has 0 bridgehead atoms. The molecule has 2 aromatic carbocycles. The summed E-state index contributed by atoms with van der Waals surface area (Å²) >= 11 is 1.65. The van der Waals surface area contributed by atoms with E-state index in [1.807, 2.05) is 77.5 Å². The second-order valence-corrected chi connectivity index (χ2v) is 6.79. The van der Waals surface area contributed by atoms with Crippen LogP contribution < -0.4 is 10.1 Å². The number of anilines is 1. The zero-order valence-electron chi connectivity index (χ0n) is 14.3. The third kappa shape index (κ3) is 3.21. The molecule has 2 heterocycles. The average Bonchev–Trinajstić information content (AvgIpc) is 3.25. The molecule has 0 spiro atoms. The Morgan fingerprint density at radius 2 is 1.77 bits per heavy atom. The minimum absolute atomic E-state index is 0.105. The van der Waals surface area contributed by atoms with Crippen molar-refractivity contribution in [3.05, 3.63) is 77.8 Å². The highest BCUT2D eigenvalue weighted by Crippen LogP contribution is 2.26. The lowest BCUT2D eigenvalue weighted by Crippen LogP contribution is -2.16. The van der Waals surface area contributed by atoms with E-state index in [4.69, 9.17) is 4.74 Å². The zero-order valence-corrected chi connectivity index (χ0v) is 15.1. The molecule has 0 saturated heterocycles. The van der Waals surface area contributed by atoms with Crippen molar-refractivity contribution in [3.63, 3.8) is 0 Å². The highest BCUT2D eigenvalue weighted by Gasteiger charge is 2.15. The van der Waals surface area contributed by atoms with Crippen molar-refractivity contribution >= 4 is 33.1 Å². The fraction of sp³-hybridized carbons (Fsp3) is 0.0952. The molecule has 4 rings (SSSR count). The molecule has 130 valence electrons. The quantitative estimate of drug-likeness (QED) is 0.490. The van der Waals surface area contributed by atoms with Gasteiger partial charge in [0, 0.05) is 12.2 Å². The van der Waals surface area contributed by atoms with Gasteiger partial charge in [0.2, 0.25) is 0 Å². The smallest absolute Gasteiger partial charge is 0.272 e. The molecule has 1 amide bonds. The van der Waals surface area contributed by atoms with Gasteiger partial charge in [0.05, 0.1) is 10.2 Å². The van der Waals surface area contributed by atoms with Crippen LogP contribution in [0.25, 0.3) is 10.2 Å². The zero-order chi connectivity index (χ0) is 17.9. The van der Waals surface area contributed by atoms with Gasteiger partial charge in [-0.1, -0.05) is 18.2 Å². The van der Waals surface area contributed by atoms with Crippen LogP contribution in [0.3, 0.4) is 0 Å². The molecule has 0 aliphatic rings. The number of benzene rings is 2. The maximum Gasteiger partial charge on any atom is 0.272 e. The van der Waals surface area contributed by atoms with Gasteiger partial charge < -0.3 is 14.6 Å². The van der Waals surface area contributed by atoms with E-state index in [9.17, 15) is 4.79 Å². The number of hydrogen-bond acceptors (Lipinski definition) is 3. The number of rotatable bonds is 5. The first-order valence-corrected chi connectivity index (χ1v) is 9.33. The van der Waals surface area contributed by atoms with Gasteiger partial charge in [-0.25, -0.2) is 0 Å². The van der Waals surface area contributed by atoms with Crippen LogP contribution in [-0.2, 0) is 6.54 Å². The van der Waals surface area contributed by atoms with Gasteiger partial charge in [0.1, 0.15) is 17.2 Å². The predicted molar refractivity (Wildman–Crippen MR) is 106 cm³/mol. The van der Waals surface area contributed by atoms with Crippen LogP contribution in [0.2, 0.25) is 0 Å². The fourth-order valence-electron chi connectivity index (χ4n) is 2.93. The third-order valence-corrected chi connectivity index (χ3v) is 5.02. The van der Waals surface area contributed by atoms with Crippen molar-refractivity contribution in [3.8, 4) is 11.5 Å². The van der Waals surface area contributed by atoms with E-state index < -0.39 is 0 Å². The molecule has 0 radical (unpaired) electrons. The summed E-state index contributed by atoms with van der Waals surface area (Å²) in [6.45, 7) is 2.80. The summed E-state index contributed by atoms with van der Waals surface area (Å²) in [4.78, 5) is 12.7. The Hall–Kier alpha value is -3.05. The monoisotopic (exact) mass is 362 g/mol. The van der Waals surface area contributed by atoms with Gasteiger partial charge in [0.25, 0.3) is 5.91 Å². The van der Waals surface area contributed by atoms with Gasteiger partial charge >= 0.3 is 0 Å². The molecular weight excluding hydrogens is 344 g/mol. The minimum Gasteiger partial charge on any atom is -0.457 e. The van der Waals surface area contributed by atoms with Crippen molar-refractivity contribution in [1.82, 2.24) is 4.57 Å². The largest absolute Gasteiger partial charge is 0.457 e. The SMILES string of the molecule is CCn1c(C(=O)Nc2ccc(Oc3ccccc3)cc2)cc2sccc21. The number of carbonyl (C=O) groups is 1. The van der Waals surface area contributed by atoms with E-state index in [1.54, 1.807) is 11.3 Å². The van der Waals surface area contributed by atoms with E-state index in [0.717, 1.165) is 33.9 Å². The van der Waals surface area contributed by atoms with Gasteiger partial charge in [-0.2, -0.15) is 0 Å². The summed E-state index contributed by atoms with van der Waals surface area (Å²) < 4.78 is 8.94. The third-order valence-electron chi connectivity index (χ3n) is 4.16. The number of carbonyl (C=O) groups excluding carboxylic acids is 1. The molecule has 0 saturated carbocycles. The van der Waals surface area contributed by atoms with Crippen LogP contribution in [0.5, 0.6) is 11.5 Å². The van der Waals surface area contributed by atoms with Crippen LogP contribution in [-0.4, -0.2) is 10.5 Å².